The van der Waals surface area contributed by atoms with Gasteiger partial charge in [-0.1, -0.05) is 37.2 Å². The summed E-state index contributed by atoms with van der Waals surface area (Å²) < 4.78 is 3.12. The minimum atomic E-state index is 0.197. The number of aryl methyl sites for hydroxylation is 1. The van der Waals surface area contributed by atoms with Gasteiger partial charge < -0.3 is 4.90 Å². The normalized spacial score (nSPS) is 20.2. The second-order valence-corrected chi connectivity index (χ2v) is 8.13. The average molecular weight is 316 g/mol. The zero-order valence-corrected chi connectivity index (χ0v) is 14.1. The van der Waals surface area contributed by atoms with Crippen LogP contribution >= 0.6 is 11.3 Å². The minimum absolute atomic E-state index is 0.197. The van der Waals surface area contributed by atoms with Gasteiger partial charge in [0, 0.05) is 26.2 Å². The van der Waals surface area contributed by atoms with Crippen LogP contribution in [0.4, 0.5) is 0 Å². The molecule has 1 saturated carbocycles. The van der Waals surface area contributed by atoms with Crippen LogP contribution in [0.25, 0.3) is 10.2 Å². The minimum Gasteiger partial charge on any atom is -0.300 e. The van der Waals surface area contributed by atoms with E-state index in [0.717, 1.165) is 36.1 Å². The Hall–Kier alpha value is -1.13. The van der Waals surface area contributed by atoms with Gasteiger partial charge in [-0.15, -0.1) is 0 Å². The van der Waals surface area contributed by atoms with E-state index in [4.69, 9.17) is 0 Å². The third kappa shape index (κ3) is 2.42. The largest absolute Gasteiger partial charge is 0.308 e. The van der Waals surface area contributed by atoms with Crippen molar-refractivity contribution in [1.29, 1.82) is 0 Å². The summed E-state index contributed by atoms with van der Waals surface area (Å²) in [5.41, 5.74) is 3.14. The molecule has 1 saturated heterocycles. The van der Waals surface area contributed by atoms with Crippen molar-refractivity contribution in [3.63, 3.8) is 0 Å². The highest BCUT2D eigenvalue weighted by Gasteiger charge is 2.46. The van der Waals surface area contributed by atoms with Crippen molar-refractivity contribution in [2.24, 2.45) is 5.41 Å². The molecule has 0 atom stereocenters. The molecule has 0 radical (unpaired) electrons. The van der Waals surface area contributed by atoms with Crippen molar-refractivity contribution < 1.29 is 0 Å². The Labute approximate surface area is 135 Å². The van der Waals surface area contributed by atoms with Gasteiger partial charge in [0.1, 0.15) is 0 Å². The van der Waals surface area contributed by atoms with Crippen LogP contribution in [-0.4, -0.2) is 29.1 Å². The number of fused-ring (bicyclic) bond motifs is 1. The number of nitrogens with zero attached hydrogens (tertiary/aromatic N) is 2. The number of hydrogen-bond donors (Lipinski definition) is 0. The molecule has 2 aliphatic rings. The van der Waals surface area contributed by atoms with Crippen LogP contribution in [0.15, 0.2) is 23.0 Å². The Balaban J connectivity index is 1.47. The molecule has 0 unspecified atom stereocenters. The van der Waals surface area contributed by atoms with Gasteiger partial charge in [-0.25, -0.2) is 0 Å². The average Bonchev–Trinajstić information content (AvgIpc) is 2.71. The van der Waals surface area contributed by atoms with E-state index >= 15 is 0 Å². The monoisotopic (exact) mass is 316 g/mol. The first-order chi connectivity index (χ1) is 10.7. The van der Waals surface area contributed by atoms with Crippen LogP contribution in [0.5, 0.6) is 0 Å². The zero-order valence-electron chi connectivity index (χ0n) is 13.3. The Bertz CT molecular complexity index is 733. The highest BCUT2D eigenvalue weighted by Crippen LogP contribution is 2.47. The van der Waals surface area contributed by atoms with Gasteiger partial charge in [-0.05, 0) is 42.4 Å². The van der Waals surface area contributed by atoms with Crippen LogP contribution in [-0.2, 0) is 13.0 Å². The topological polar surface area (TPSA) is 25.2 Å². The van der Waals surface area contributed by atoms with Gasteiger partial charge in [-0.2, -0.15) is 0 Å². The maximum atomic E-state index is 12.3. The summed E-state index contributed by atoms with van der Waals surface area (Å²) in [6, 6.07) is 6.53. The Morgan fingerprint density at radius 2 is 2.05 bits per heavy atom. The fraction of sp³-hybridized carbons (Fsp3) is 0.611. The van der Waals surface area contributed by atoms with Crippen LogP contribution in [0.1, 0.15) is 38.2 Å². The molecule has 4 heteroatoms. The van der Waals surface area contributed by atoms with Crippen molar-refractivity contribution in [2.75, 3.05) is 19.6 Å². The lowest BCUT2D eigenvalue weighted by atomic mass is 9.63. The molecule has 2 aromatic rings. The van der Waals surface area contributed by atoms with Gasteiger partial charge in [-0.3, -0.25) is 9.36 Å². The molecule has 0 bridgehead atoms. The first-order valence-electron chi connectivity index (χ1n) is 8.54. The first kappa shape index (κ1) is 14.5. The lowest BCUT2D eigenvalue weighted by Gasteiger charge is -2.56. The summed E-state index contributed by atoms with van der Waals surface area (Å²) in [6.45, 7) is 6.56. The van der Waals surface area contributed by atoms with Crippen molar-refractivity contribution in [1.82, 2.24) is 9.47 Å². The molecular formula is C18H24N2OS. The number of aromatic nitrogens is 1. The third-order valence-electron chi connectivity index (χ3n) is 5.44. The molecular weight excluding hydrogens is 292 g/mol. The maximum absolute atomic E-state index is 12.3. The number of thiazole rings is 1. The van der Waals surface area contributed by atoms with Gasteiger partial charge in [0.2, 0.25) is 0 Å². The van der Waals surface area contributed by atoms with E-state index in [1.165, 1.54) is 49.3 Å². The van der Waals surface area contributed by atoms with E-state index in [1.807, 2.05) is 4.57 Å². The molecule has 2 fully saturated rings. The molecule has 118 valence electrons. The Morgan fingerprint density at radius 1 is 1.23 bits per heavy atom. The quantitative estimate of drug-likeness (QED) is 0.843. The lowest BCUT2D eigenvalue weighted by Crippen LogP contribution is -2.60. The van der Waals surface area contributed by atoms with Gasteiger partial charge in [0.15, 0.2) is 0 Å². The van der Waals surface area contributed by atoms with Crippen LogP contribution in [0, 0.1) is 5.41 Å². The van der Waals surface area contributed by atoms with E-state index in [9.17, 15) is 4.79 Å². The van der Waals surface area contributed by atoms with E-state index in [2.05, 4.69) is 30.0 Å². The van der Waals surface area contributed by atoms with Crippen molar-refractivity contribution in [3.8, 4) is 0 Å². The fourth-order valence-electron chi connectivity index (χ4n) is 4.06. The Morgan fingerprint density at radius 3 is 2.73 bits per heavy atom. The summed E-state index contributed by atoms with van der Waals surface area (Å²) in [5.74, 6) is 0. The Kier molecular flexibility index (Phi) is 3.61. The predicted octanol–water partition coefficient (Wildman–Crippen LogP) is 3.50. The van der Waals surface area contributed by atoms with E-state index in [0.29, 0.717) is 5.41 Å². The van der Waals surface area contributed by atoms with Crippen LogP contribution in [0.2, 0.25) is 0 Å². The maximum Gasteiger partial charge on any atom is 0.308 e. The molecule has 0 N–H and O–H groups in total. The predicted molar refractivity (Wildman–Crippen MR) is 92.8 cm³/mol. The number of likely N-dealkylation sites (tertiary alicyclic amines) is 1. The molecule has 1 aromatic carbocycles. The van der Waals surface area contributed by atoms with Gasteiger partial charge in [0.05, 0.1) is 10.2 Å². The molecule has 2 heterocycles. The SMILES string of the molecule is CCCc1ccc2c(c1)sc(=O)n2CCN1CC2(CCC2)C1. The summed E-state index contributed by atoms with van der Waals surface area (Å²) in [5, 5.41) is 0. The summed E-state index contributed by atoms with van der Waals surface area (Å²) in [7, 11) is 0. The van der Waals surface area contributed by atoms with Crippen molar-refractivity contribution in [2.45, 2.75) is 45.6 Å². The molecule has 1 spiro atoms. The zero-order chi connectivity index (χ0) is 15.2. The molecule has 22 heavy (non-hydrogen) atoms. The molecule has 0 amide bonds. The number of benzene rings is 1. The van der Waals surface area contributed by atoms with Gasteiger partial charge >= 0.3 is 4.87 Å². The van der Waals surface area contributed by atoms with Crippen LogP contribution in [0.3, 0.4) is 0 Å². The standard InChI is InChI=1S/C18H24N2OS/c1-2-4-14-5-6-15-16(11-14)22-17(21)20(15)10-9-19-12-18(13-19)7-3-8-18/h5-6,11H,2-4,7-10,12-13H2,1H3. The first-order valence-corrected chi connectivity index (χ1v) is 9.35. The smallest absolute Gasteiger partial charge is 0.300 e. The summed E-state index contributed by atoms with van der Waals surface area (Å²) in [4.78, 5) is 15.0. The van der Waals surface area contributed by atoms with E-state index in [-0.39, 0.29) is 4.87 Å². The second kappa shape index (κ2) is 5.50. The summed E-state index contributed by atoms with van der Waals surface area (Å²) in [6.07, 6.45) is 6.51. The highest BCUT2D eigenvalue weighted by molar-refractivity contribution is 7.16. The molecule has 1 aliphatic heterocycles. The van der Waals surface area contributed by atoms with Crippen LogP contribution < -0.4 is 4.87 Å². The number of rotatable bonds is 5. The lowest BCUT2D eigenvalue weighted by molar-refractivity contribution is -0.0606. The second-order valence-electron chi connectivity index (χ2n) is 7.14. The van der Waals surface area contributed by atoms with E-state index < -0.39 is 0 Å². The summed E-state index contributed by atoms with van der Waals surface area (Å²) >= 11 is 1.40. The fourth-order valence-corrected chi connectivity index (χ4v) is 5.04. The molecule has 1 aliphatic carbocycles. The highest BCUT2D eigenvalue weighted by atomic mass is 32.1. The van der Waals surface area contributed by atoms with Crippen molar-refractivity contribution in [3.05, 3.63) is 33.4 Å². The van der Waals surface area contributed by atoms with E-state index in [1.54, 1.807) is 0 Å². The number of hydrogen-bond acceptors (Lipinski definition) is 3. The molecule has 1 aromatic heterocycles. The van der Waals surface area contributed by atoms with Crippen molar-refractivity contribution >= 4 is 21.6 Å². The molecule has 4 rings (SSSR count). The third-order valence-corrected chi connectivity index (χ3v) is 6.39. The van der Waals surface area contributed by atoms with Gasteiger partial charge in [0.25, 0.3) is 0 Å². The molecule has 3 nitrogen and oxygen atoms in total.